The maximum atomic E-state index is 12.4. The van der Waals surface area contributed by atoms with E-state index in [1.165, 1.54) is 18.4 Å². The van der Waals surface area contributed by atoms with E-state index in [9.17, 15) is 9.59 Å². The number of rotatable bonds is 6. The molecule has 1 heterocycles. The summed E-state index contributed by atoms with van der Waals surface area (Å²) >= 11 is 7.47. The van der Waals surface area contributed by atoms with Crippen molar-refractivity contribution in [2.45, 2.75) is 25.8 Å². The van der Waals surface area contributed by atoms with Crippen LogP contribution in [0, 0.1) is 0 Å². The number of methoxy groups -OCH3 is 1. The zero-order valence-electron chi connectivity index (χ0n) is 14.9. The summed E-state index contributed by atoms with van der Waals surface area (Å²) in [7, 11) is 1.36. The number of amides is 1. The van der Waals surface area contributed by atoms with E-state index in [0.29, 0.717) is 29.2 Å². The average Bonchev–Trinajstić information content (AvgIpc) is 3.01. The van der Waals surface area contributed by atoms with Gasteiger partial charge in [0.15, 0.2) is 4.80 Å². The fraction of sp³-hybridized carbons (Fsp3) is 0.250. The van der Waals surface area contributed by atoms with E-state index in [-0.39, 0.29) is 18.3 Å². The third-order valence-electron chi connectivity index (χ3n) is 4.10. The zero-order chi connectivity index (χ0) is 19.2. The van der Waals surface area contributed by atoms with Crippen molar-refractivity contribution < 1.29 is 14.3 Å². The van der Waals surface area contributed by atoms with Gasteiger partial charge in [-0.1, -0.05) is 53.3 Å². The first kappa shape index (κ1) is 19.3. The first-order chi connectivity index (χ1) is 13.1. The topological polar surface area (TPSA) is 60.7 Å². The Balaban J connectivity index is 1.87. The van der Waals surface area contributed by atoms with Crippen molar-refractivity contribution in [3.63, 3.8) is 0 Å². The molecule has 0 radical (unpaired) electrons. The van der Waals surface area contributed by atoms with Gasteiger partial charge in [-0.15, -0.1) is 0 Å². The lowest BCUT2D eigenvalue weighted by molar-refractivity contribution is -0.140. The van der Waals surface area contributed by atoms with Crippen LogP contribution >= 0.6 is 22.9 Å². The lowest BCUT2D eigenvalue weighted by atomic mass is 10.1. The van der Waals surface area contributed by atoms with E-state index in [1.54, 1.807) is 6.07 Å². The van der Waals surface area contributed by atoms with Crippen molar-refractivity contribution in [1.82, 2.24) is 4.57 Å². The van der Waals surface area contributed by atoms with Crippen molar-refractivity contribution in [2.75, 3.05) is 7.11 Å². The lowest BCUT2D eigenvalue weighted by Crippen LogP contribution is -2.19. The molecule has 7 heteroatoms. The minimum absolute atomic E-state index is 0.191. The van der Waals surface area contributed by atoms with Gasteiger partial charge in [0, 0.05) is 18.0 Å². The molecule has 5 nitrogen and oxygen atoms in total. The van der Waals surface area contributed by atoms with Gasteiger partial charge in [-0.2, -0.15) is 4.99 Å². The van der Waals surface area contributed by atoms with Crippen LogP contribution in [0.3, 0.4) is 0 Å². The SMILES string of the molecule is COC(=O)CCn1c(=NC(=O)CCc2ccccc2)sc2cc(Cl)ccc21. The van der Waals surface area contributed by atoms with Crippen LogP contribution in [0.15, 0.2) is 53.5 Å². The van der Waals surface area contributed by atoms with E-state index in [0.717, 1.165) is 15.8 Å². The first-order valence-electron chi connectivity index (χ1n) is 8.54. The number of halogens is 1. The van der Waals surface area contributed by atoms with Crippen LogP contribution in [-0.2, 0) is 27.3 Å². The van der Waals surface area contributed by atoms with Gasteiger partial charge in [-0.3, -0.25) is 9.59 Å². The van der Waals surface area contributed by atoms with E-state index >= 15 is 0 Å². The number of fused-ring (bicyclic) bond motifs is 1. The molecule has 0 aliphatic carbocycles. The van der Waals surface area contributed by atoms with Crippen molar-refractivity contribution in [2.24, 2.45) is 4.99 Å². The summed E-state index contributed by atoms with van der Waals surface area (Å²) in [6.07, 6.45) is 1.18. The predicted molar refractivity (Wildman–Crippen MR) is 107 cm³/mol. The molecule has 0 N–H and O–H groups in total. The van der Waals surface area contributed by atoms with Crippen LogP contribution in [0.4, 0.5) is 0 Å². The number of carbonyl (C=O) groups excluding carboxylic acids is 2. The average molecular weight is 403 g/mol. The van der Waals surface area contributed by atoms with Gasteiger partial charge in [0.2, 0.25) is 5.91 Å². The molecule has 0 unspecified atom stereocenters. The monoisotopic (exact) mass is 402 g/mol. The quantitative estimate of drug-likeness (QED) is 0.586. The van der Waals surface area contributed by atoms with Crippen molar-refractivity contribution in [1.29, 1.82) is 0 Å². The highest BCUT2D eigenvalue weighted by atomic mass is 35.5. The molecule has 3 rings (SSSR count). The zero-order valence-corrected chi connectivity index (χ0v) is 16.4. The molecule has 1 aromatic heterocycles. The van der Waals surface area contributed by atoms with Crippen LogP contribution in [-0.4, -0.2) is 23.6 Å². The molecule has 0 atom stereocenters. The fourth-order valence-corrected chi connectivity index (χ4v) is 4.06. The normalized spacial score (nSPS) is 11.7. The van der Waals surface area contributed by atoms with Crippen molar-refractivity contribution in [3.05, 3.63) is 63.9 Å². The number of esters is 1. The summed E-state index contributed by atoms with van der Waals surface area (Å²) in [5.41, 5.74) is 1.99. The fourth-order valence-electron chi connectivity index (χ4n) is 2.71. The largest absolute Gasteiger partial charge is 0.469 e. The standard InChI is InChI=1S/C20H19ClN2O3S/c1-26-19(25)11-12-23-16-9-8-15(21)13-17(16)27-20(23)22-18(24)10-7-14-5-3-2-4-6-14/h2-6,8-9,13H,7,10-12H2,1H3. The minimum atomic E-state index is -0.308. The summed E-state index contributed by atoms with van der Waals surface area (Å²) in [4.78, 5) is 28.8. The summed E-state index contributed by atoms with van der Waals surface area (Å²) in [5, 5.41) is 0.617. The maximum absolute atomic E-state index is 12.4. The van der Waals surface area contributed by atoms with Gasteiger partial charge >= 0.3 is 5.97 Å². The third-order valence-corrected chi connectivity index (χ3v) is 5.38. The predicted octanol–water partition coefficient (Wildman–Crippen LogP) is 3.98. The summed E-state index contributed by atoms with van der Waals surface area (Å²) in [5.74, 6) is -0.500. The van der Waals surface area contributed by atoms with Crippen LogP contribution < -0.4 is 4.80 Å². The van der Waals surface area contributed by atoms with Gasteiger partial charge in [0.05, 0.1) is 23.7 Å². The smallest absolute Gasteiger partial charge is 0.307 e. The molecule has 2 aromatic carbocycles. The Morgan fingerprint density at radius 3 is 2.67 bits per heavy atom. The van der Waals surface area contributed by atoms with E-state index in [2.05, 4.69) is 4.99 Å². The number of carbonyl (C=O) groups is 2. The molecule has 0 saturated carbocycles. The second kappa shape index (κ2) is 8.97. The number of hydrogen-bond donors (Lipinski definition) is 0. The minimum Gasteiger partial charge on any atom is -0.469 e. The van der Waals surface area contributed by atoms with Gasteiger partial charge in [0.1, 0.15) is 0 Å². The number of aryl methyl sites for hydroxylation is 2. The first-order valence-corrected chi connectivity index (χ1v) is 9.73. The Bertz CT molecular complexity index is 1020. The highest BCUT2D eigenvalue weighted by Gasteiger charge is 2.11. The number of nitrogens with zero attached hydrogens (tertiary/aromatic N) is 2. The molecular formula is C20H19ClN2O3S. The summed E-state index contributed by atoms with van der Waals surface area (Å²) in [6, 6.07) is 15.3. The van der Waals surface area contributed by atoms with Crippen molar-refractivity contribution in [3.8, 4) is 0 Å². The number of aromatic nitrogens is 1. The second-order valence-electron chi connectivity index (χ2n) is 5.97. The van der Waals surface area contributed by atoms with E-state index < -0.39 is 0 Å². The highest BCUT2D eigenvalue weighted by Crippen LogP contribution is 2.22. The molecule has 0 saturated heterocycles. The lowest BCUT2D eigenvalue weighted by Gasteiger charge is -2.04. The Morgan fingerprint density at radius 2 is 1.93 bits per heavy atom. The highest BCUT2D eigenvalue weighted by molar-refractivity contribution is 7.16. The molecule has 0 aliphatic rings. The van der Waals surface area contributed by atoms with E-state index in [1.807, 2.05) is 47.0 Å². The van der Waals surface area contributed by atoms with Crippen molar-refractivity contribution >= 4 is 45.0 Å². The van der Waals surface area contributed by atoms with Gasteiger partial charge in [-0.05, 0) is 30.2 Å². The molecule has 0 aliphatic heterocycles. The Hall–Kier alpha value is -2.44. The Kier molecular flexibility index (Phi) is 6.42. The third kappa shape index (κ3) is 5.05. The number of thiazole rings is 1. The number of ether oxygens (including phenoxy) is 1. The van der Waals surface area contributed by atoms with Gasteiger partial charge < -0.3 is 9.30 Å². The molecule has 0 bridgehead atoms. The molecule has 140 valence electrons. The summed E-state index contributed by atoms with van der Waals surface area (Å²) in [6.45, 7) is 0.388. The number of hydrogen-bond acceptors (Lipinski definition) is 4. The van der Waals surface area contributed by atoms with Gasteiger partial charge in [-0.25, -0.2) is 0 Å². The van der Waals surface area contributed by atoms with E-state index in [4.69, 9.17) is 16.3 Å². The number of benzene rings is 2. The van der Waals surface area contributed by atoms with Crippen LogP contribution in [0.2, 0.25) is 5.02 Å². The van der Waals surface area contributed by atoms with Crippen LogP contribution in [0.25, 0.3) is 10.2 Å². The summed E-state index contributed by atoms with van der Waals surface area (Å²) < 4.78 is 7.51. The maximum Gasteiger partial charge on any atom is 0.307 e. The molecule has 1 amide bonds. The van der Waals surface area contributed by atoms with Gasteiger partial charge in [0.25, 0.3) is 0 Å². The van der Waals surface area contributed by atoms with Crippen LogP contribution in [0.1, 0.15) is 18.4 Å². The molecular weight excluding hydrogens is 384 g/mol. The Labute approximate surface area is 165 Å². The molecule has 27 heavy (non-hydrogen) atoms. The molecule has 0 spiro atoms. The second-order valence-corrected chi connectivity index (χ2v) is 7.41. The Morgan fingerprint density at radius 1 is 1.15 bits per heavy atom. The van der Waals surface area contributed by atoms with Crippen LogP contribution in [0.5, 0.6) is 0 Å². The molecule has 0 fully saturated rings. The molecule has 3 aromatic rings.